The van der Waals surface area contributed by atoms with Gasteiger partial charge >= 0.3 is 17.9 Å². The molecule has 0 aliphatic heterocycles. The molecule has 0 saturated carbocycles. The Labute approximate surface area is 505 Å². The second-order valence-corrected chi connectivity index (χ2v) is 21.6. The van der Waals surface area contributed by atoms with E-state index in [4.69, 9.17) is 14.2 Å². The summed E-state index contributed by atoms with van der Waals surface area (Å²) in [6, 6.07) is 0. The molecule has 0 aromatic rings. The van der Waals surface area contributed by atoms with Crippen LogP contribution in [0.5, 0.6) is 0 Å². The third-order valence-corrected chi connectivity index (χ3v) is 13.7. The lowest BCUT2D eigenvalue weighted by Gasteiger charge is -2.18. The maximum atomic E-state index is 12.9. The molecule has 0 radical (unpaired) electrons. The number of allylic oxidation sites excluding steroid dienone is 26. The lowest BCUT2D eigenvalue weighted by molar-refractivity contribution is -0.167. The lowest BCUT2D eigenvalue weighted by atomic mass is 10.0. The highest BCUT2D eigenvalue weighted by atomic mass is 16.6. The molecule has 6 nitrogen and oxygen atoms in total. The van der Waals surface area contributed by atoms with Crippen molar-refractivity contribution < 1.29 is 28.6 Å². The first-order valence-corrected chi connectivity index (χ1v) is 33.5. The van der Waals surface area contributed by atoms with Crippen LogP contribution in [0.3, 0.4) is 0 Å². The molecule has 0 amide bonds. The molecule has 0 heterocycles. The van der Waals surface area contributed by atoms with Crippen LogP contribution in [-0.2, 0) is 28.6 Å². The molecule has 0 aliphatic rings. The van der Waals surface area contributed by atoms with Gasteiger partial charge in [0.1, 0.15) is 13.2 Å². The largest absolute Gasteiger partial charge is 0.462 e. The van der Waals surface area contributed by atoms with Gasteiger partial charge in [0.05, 0.1) is 0 Å². The molecule has 462 valence electrons. The number of rotatable bonds is 59. The van der Waals surface area contributed by atoms with Gasteiger partial charge in [-0.05, 0) is 141 Å². The number of unbranched alkanes of at least 4 members (excludes halogenated alkanes) is 22. The Kier molecular flexibility index (Phi) is 64.4. The van der Waals surface area contributed by atoms with Crippen molar-refractivity contribution in [2.75, 3.05) is 13.2 Å². The molecule has 0 spiro atoms. The van der Waals surface area contributed by atoms with Crippen LogP contribution in [0.25, 0.3) is 0 Å². The summed E-state index contributed by atoms with van der Waals surface area (Å²) >= 11 is 0. The molecule has 0 aromatic carbocycles. The zero-order valence-electron chi connectivity index (χ0n) is 52.9. The molecule has 0 aliphatic carbocycles. The number of ether oxygens (including phenoxy) is 3. The molecule has 0 rings (SSSR count). The van der Waals surface area contributed by atoms with Crippen LogP contribution < -0.4 is 0 Å². The Morgan fingerprint density at radius 2 is 0.488 bits per heavy atom. The van der Waals surface area contributed by atoms with Crippen molar-refractivity contribution in [3.63, 3.8) is 0 Å². The van der Waals surface area contributed by atoms with Crippen LogP contribution in [0.4, 0.5) is 0 Å². The molecular formula is C76H122O6. The molecule has 1 unspecified atom stereocenters. The van der Waals surface area contributed by atoms with Crippen molar-refractivity contribution in [2.45, 2.75) is 290 Å². The summed E-state index contributed by atoms with van der Waals surface area (Å²) in [7, 11) is 0. The first-order chi connectivity index (χ1) is 40.5. The van der Waals surface area contributed by atoms with E-state index in [9.17, 15) is 14.4 Å². The maximum Gasteiger partial charge on any atom is 0.306 e. The van der Waals surface area contributed by atoms with Crippen molar-refractivity contribution in [1.29, 1.82) is 0 Å². The van der Waals surface area contributed by atoms with Gasteiger partial charge in [-0.3, -0.25) is 14.4 Å². The van der Waals surface area contributed by atoms with Crippen LogP contribution in [0.1, 0.15) is 284 Å². The summed E-state index contributed by atoms with van der Waals surface area (Å²) in [6.07, 6.45) is 99.7. The standard InChI is InChI=1S/C76H122O6/c1-4-7-10-13-16-19-22-25-28-30-32-34-36-37-38-39-41-42-44-46-48-51-54-57-60-63-66-69-75(78)81-72-73(71-80-74(77)68-65-62-59-56-53-50-27-24-21-18-15-12-9-6-3)82-76(79)70-67-64-61-58-55-52-49-47-45-43-40-35-33-31-29-26-23-20-17-14-11-8-5-2/h7-8,10-11,16-17,19-20,24-29,32-35,37-38,43,45,49,52,58,61,73H,4-6,9,12-15,18,21-23,30-31,36,39-42,44,46-48,50-51,53-57,59-60,62-72H2,1-3H3/b10-7-,11-8-,19-16-,20-17-,27-24-,28-25-,29-26-,34-32-,35-33-,38-37-,45-43-,52-49-,61-58-. The summed E-state index contributed by atoms with van der Waals surface area (Å²) in [6.45, 7) is 6.35. The minimum atomic E-state index is -0.822. The van der Waals surface area contributed by atoms with Gasteiger partial charge in [-0.1, -0.05) is 281 Å². The number of esters is 3. The van der Waals surface area contributed by atoms with Gasteiger partial charge in [-0.25, -0.2) is 0 Å². The fraction of sp³-hybridized carbons (Fsp3) is 0.618. The van der Waals surface area contributed by atoms with Gasteiger partial charge < -0.3 is 14.2 Å². The molecule has 82 heavy (non-hydrogen) atoms. The van der Waals surface area contributed by atoms with E-state index in [1.807, 2.05) is 0 Å². The molecule has 0 bridgehead atoms. The summed E-state index contributed by atoms with van der Waals surface area (Å²) < 4.78 is 16.9. The predicted octanol–water partition coefficient (Wildman–Crippen LogP) is 23.3. The predicted molar refractivity (Wildman–Crippen MR) is 357 cm³/mol. The summed E-state index contributed by atoms with van der Waals surface area (Å²) in [5, 5.41) is 0. The molecule has 0 N–H and O–H groups in total. The molecule has 6 heteroatoms. The zero-order chi connectivity index (χ0) is 59.2. The Balaban J connectivity index is 4.45. The highest BCUT2D eigenvalue weighted by Gasteiger charge is 2.19. The van der Waals surface area contributed by atoms with E-state index < -0.39 is 6.10 Å². The maximum absolute atomic E-state index is 12.9. The van der Waals surface area contributed by atoms with Crippen LogP contribution >= 0.6 is 0 Å². The quantitative estimate of drug-likeness (QED) is 0.0261. The second-order valence-electron chi connectivity index (χ2n) is 21.6. The van der Waals surface area contributed by atoms with E-state index in [1.54, 1.807) is 0 Å². The average molecular weight is 1130 g/mol. The highest BCUT2D eigenvalue weighted by molar-refractivity contribution is 5.71. The van der Waals surface area contributed by atoms with E-state index in [-0.39, 0.29) is 37.5 Å². The van der Waals surface area contributed by atoms with Gasteiger partial charge in [0, 0.05) is 19.3 Å². The Hall–Kier alpha value is -4.97. The van der Waals surface area contributed by atoms with E-state index in [2.05, 4.69) is 179 Å². The number of hydrogen-bond donors (Lipinski definition) is 0. The molecular weight excluding hydrogens is 1010 g/mol. The lowest BCUT2D eigenvalue weighted by Crippen LogP contribution is -2.30. The molecule has 1 atom stereocenters. The van der Waals surface area contributed by atoms with E-state index in [1.165, 1.54) is 103 Å². The fourth-order valence-corrected chi connectivity index (χ4v) is 8.81. The fourth-order valence-electron chi connectivity index (χ4n) is 8.81. The van der Waals surface area contributed by atoms with Crippen molar-refractivity contribution in [2.24, 2.45) is 0 Å². The van der Waals surface area contributed by atoms with Crippen LogP contribution in [0, 0.1) is 0 Å². The minimum Gasteiger partial charge on any atom is -0.462 e. The van der Waals surface area contributed by atoms with Crippen LogP contribution in [0.15, 0.2) is 158 Å². The molecule has 0 aromatic heterocycles. The Bertz CT molecular complexity index is 1830. The number of hydrogen-bond acceptors (Lipinski definition) is 6. The van der Waals surface area contributed by atoms with Crippen molar-refractivity contribution in [1.82, 2.24) is 0 Å². The molecule has 0 saturated heterocycles. The van der Waals surface area contributed by atoms with E-state index in [0.29, 0.717) is 19.3 Å². The van der Waals surface area contributed by atoms with Gasteiger partial charge in [-0.2, -0.15) is 0 Å². The number of carbonyl (C=O) groups is 3. The van der Waals surface area contributed by atoms with Gasteiger partial charge in [0.15, 0.2) is 6.10 Å². The van der Waals surface area contributed by atoms with E-state index >= 15 is 0 Å². The van der Waals surface area contributed by atoms with Crippen molar-refractivity contribution >= 4 is 17.9 Å². The summed E-state index contributed by atoms with van der Waals surface area (Å²) in [5.41, 5.74) is 0. The van der Waals surface area contributed by atoms with Gasteiger partial charge in [0.2, 0.25) is 0 Å². The third kappa shape index (κ3) is 65.8. The Morgan fingerprint density at radius 3 is 0.793 bits per heavy atom. The first kappa shape index (κ1) is 77.0. The van der Waals surface area contributed by atoms with Gasteiger partial charge in [-0.15, -0.1) is 0 Å². The van der Waals surface area contributed by atoms with E-state index in [0.717, 1.165) is 135 Å². The molecule has 0 fully saturated rings. The zero-order valence-corrected chi connectivity index (χ0v) is 52.9. The van der Waals surface area contributed by atoms with Crippen LogP contribution in [0.2, 0.25) is 0 Å². The third-order valence-electron chi connectivity index (χ3n) is 13.7. The summed E-state index contributed by atoms with van der Waals surface area (Å²) in [5.74, 6) is -0.982. The summed E-state index contributed by atoms with van der Waals surface area (Å²) in [4.78, 5) is 38.4. The minimum absolute atomic E-state index is 0.111. The second kappa shape index (κ2) is 68.5. The normalized spacial score (nSPS) is 13.2. The topological polar surface area (TPSA) is 78.9 Å². The van der Waals surface area contributed by atoms with Crippen molar-refractivity contribution in [3.05, 3.63) is 158 Å². The highest BCUT2D eigenvalue weighted by Crippen LogP contribution is 2.15. The SMILES string of the molecule is CC/C=C\C/C=C\C/C=C\C/C=C\C/C=C\C/C=C\C/C=C\CCCC(=O)OC(COC(=O)CCCCCCC/C=C\CCCCCCC)COC(=O)CCCCCCCCCCCCC/C=C\C/C=C\C/C=C\C/C=C\C/C=C\CC. The smallest absolute Gasteiger partial charge is 0.306 e. The van der Waals surface area contributed by atoms with Gasteiger partial charge in [0.25, 0.3) is 0 Å². The number of carbonyl (C=O) groups excluding carboxylic acids is 3. The monoisotopic (exact) mass is 1130 g/mol. The van der Waals surface area contributed by atoms with Crippen molar-refractivity contribution in [3.8, 4) is 0 Å². The van der Waals surface area contributed by atoms with Crippen LogP contribution in [-0.4, -0.2) is 37.2 Å². The Morgan fingerprint density at radius 1 is 0.256 bits per heavy atom. The average Bonchev–Trinajstić information content (AvgIpc) is 3.47. The first-order valence-electron chi connectivity index (χ1n) is 33.5.